The fourth-order valence-corrected chi connectivity index (χ4v) is 2.57. The van der Waals surface area contributed by atoms with Crippen LogP contribution < -0.4 is 4.90 Å². The molecule has 0 saturated carbocycles. The monoisotopic (exact) mass is 250 g/mol. The van der Waals surface area contributed by atoms with Crippen molar-refractivity contribution in [3.8, 4) is 0 Å². The maximum atomic E-state index is 11.2. The van der Waals surface area contributed by atoms with E-state index in [-0.39, 0.29) is 23.1 Å². The molecule has 1 unspecified atom stereocenters. The molecule has 1 aromatic carbocycles. The van der Waals surface area contributed by atoms with Gasteiger partial charge in [0.25, 0.3) is 5.69 Å². The topological polar surface area (TPSA) is 66.6 Å². The van der Waals surface area contributed by atoms with Gasteiger partial charge in [0.1, 0.15) is 5.69 Å². The molecule has 1 N–H and O–H groups in total. The highest BCUT2D eigenvalue weighted by molar-refractivity contribution is 5.66. The molecular formula is C13H18N2O3. The molecule has 5 heteroatoms. The van der Waals surface area contributed by atoms with E-state index < -0.39 is 0 Å². The molecule has 1 atom stereocenters. The quantitative estimate of drug-likeness (QED) is 0.659. The van der Waals surface area contributed by atoms with Crippen LogP contribution in [-0.4, -0.2) is 29.7 Å². The Kier molecular flexibility index (Phi) is 3.81. The molecule has 1 fully saturated rings. The molecule has 1 heterocycles. The number of benzene rings is 1. The van der Waals surface area contributed by atoms with Crippen LogP contribution in [-0.2, 0) is 0 Å². The Balaban J connectivity index is 2.32. The van der Waals surface area contributed by atoms with Crippen molar-refractivity contribution in [2.75, 3.05) is 24.6 Å². The van der Waals surface area contributed by atoms with Gasteiger partial charge in [-0.1, -0.05) is 12.1 Å². The third-order valence-corrected chi connectivity index (χ3v) is 3.52. The predicted octanol–water partition coefficient (Wildman–Crippen LogP) is 2.11. The zero-order valence-electron chi connectivity index (χ0n) is 10.5. The molecule has 1 aliphatic heterocycles. The first-order valence-electron chi connectivity index (χ1n) is 6.23. The number of aliphatic hydroxyl groups excluding tert-OH is 1. The molecule has 0 radical (unpaired) electrons. The van der Waals surface area contributed by atoms with Gasteiger partial charge in [-0.05, 0) is 31.7 Å². The fraction of sp³-hybridized carbons (Fsp3) is 0.538. The summed E-state index contributed by atoms with van der Waals surface area (Å²) < 4.78 is 0. The summed E-state index contributed by atoms with van der Waals surface area (Å²) in [5, 5.41) is 20.4. The van der Waals surface area contributed by atoms with Crippen LogP contribution in [0.2, 0.25) is 0 Å². The maximum Gasteiger partial charge on any atom is 0.295 e. The molecule has 0 bridgehead atoms. The highest BCUT2D eigenvalue weighted by Gasteiger charge is 2.26. The van der Waals surface area contributed by atoms with Crippen LogP contribution in [0.25, 0.3) is 0 Å². The average Bonchev–Trinajstić information content (AvgIpc) is 2.38. The Labute approximate surface area is 106 Å². The van der Waals surface area contributed by atoms with E-state index in [1.807, 2.05) is 11.0 Å². The summed E-state index contributed by atoms with van der Waals surface area (Å²) in [5.41, 5.74) is 1.55. The first-order chi connectivity index (χ1) is 8.63. The first-order valence-corrected chi connectivity index (χ1v) is 6.23. The second-order valence-electron chi connectivity index (χ2n) is 4.84. The zero-order valence-corrected chi connectivity index (χ0v) is 10.5. The Morgan fingerprint density at radius 2 is 2.33 bits per heavy atom. The lowest BCUT2D eigenvalue weighted by Crippen LogP contribution is -2.37. The molecule has 18 heavy (non-hydrogen) atoms. The molecule has 0 aromatic heterocycles. The van der Waals surface area contributed by atoms with E-state index >= 15 is 0 Å². The standard InChI is InChI=1S/C13H18N2O3/c1-10-4-2-6-12(13(10)15(17)18)14-7-3-5-11(8-14)9-16/h2,4,6,11,16H,3,5,7-9H2,1H3. The Morgan fingerprint density at radius 3 is 3.00 bits per heavy atom. The molecule has 1 aromatic rings. The number of nitro benzene ring substituents is 1. The highest BCUT2D eigenvalue weighted by atomic mass is 16.6. The maximum absolute atomic E-state index is 11.2. The van der Waals surface area contributed by atoms with E-state index in [0.29, 0.717) is 17.8 Å². The zero-order chi connectivity index (χ0) is 13.1. The number of piperidine rings is 1. The minimum atomic E-state index is -0.312. The van der Waals surface area contributed by atoms with Gasteiger partial charge >= 0.3 is 0 Å². The van der Waals surface area contributed by atoms with Gasteiger partial charge in [0.05, 0.1) is 4.92 Å². The number of aliphatic hydroxyl groups is 1. The van der Waals surface area contributed by atoms with Crippen molar-refractivity contribution in [2.45, 2.75) is 19.8 Å². The molecular weight excluding hydrogens is 232 g/mol. The molecule has 0 amide bonds. The van der Waals surface area contributed by atoms with Crippen molar-refractivity contribution in [1.82, 2.24) is 0 Å². The number of nitro groups is 1. The highest BCUT2D eigenvalue weighted by Crippen LogP contribution is 2.33. The molecule has 2 rings (SSSR count). The van der Waals surface area contributed by atoms with Crippen LogP contribution >= 0.6 is 0 Å². The van der Waals surface area contributed by atoms with Gasteiger partial charge in [-0.15, -0.1) is 0 Å². The third-order valence-electron chi connectivity index (χ3n) is 3.52. The van der Waals surface area contributed by atoms with Gasteiger partial charge in [-0.3, -0.25) is 10.1 Å². The van der Waals surface area contributed by atoms with Crippen molar-refractivity contribution in [2.24, 2.45) is 5.92 Å². The predicted molar refractivity (Wildman–Crippen MR) is 69.9 cm³/mol. The second kappa shape index (κ2) is 5.35. The first kappa shape index (κ1) is 12.8. The summed E-state index contributed by atoms with van der Waals surface area (Å²) >= 11 is 0. The summed E-state index contributed by atoms with van der Waals surface area (Å²) in [6.45, 7) is 3.42. The number of anilines is 1. The lowest BCUT2D eigenvalue weighted by Gasteiger charge is -2.33. The average molecular weight is 250 g/mol. The number of nitrogens with zero attached hydrogens (tertiary/aromatic N) is 2. The third kappa shape index (κ3) is 2.46. The van der Waals surface area contributed by atoms with Crippen molar-refractivity contribution in [3.05, 3.63) is 33.9 Å². The summed E-state index contributed by atoms with van der Waals surface area (Å²) in [4.78, 5) is 12.9. The van der Waals surface area contributed by atoms with Crippen molar-refractivity contribution in [3.63, 3.8) is 0 Å². The van der Waals surface area contributed by atoms with E-state index in [0.717, 1.165) is 19.4 Å². The summed E-state index contributed by atoms with van der Waals surface area (Å²) in [7, 11) is 0. The summed E-state index contributed by atoms with van der Waals surface area (Å²) in [6.07, 6.45) is 1.96. The molecule has 98 valence electrons. The number of rotatable bonds is 3. The molecule has 5 nitrogen and oxygen atoms in total. The van der Waals surface area contributed by atoms with E-state index in [1.54, 1.807) is 19.1 Å². The molecule has 1 aliphatic rings. The van der Waals surface area contributed by atoms with E-state index in [2.05, 4.69) is 0 Å². The van der Waals surface area contributed by atoms with Gasteiger partial charge in [-0.2, -0.15) is 0 Å². The SMILES string of the molecule is Cc1cccc(N2CCCC(CO)C2)c1[N+](=O)[O-]. The van der Waals surface area contributed by atoms with Gasteiger partial charge < -0.3 is 10.0 Å². The number of hydrogen-bond donors (Lipinski definition) is 1. The molecule has 0 spiro atoms. The van der Waals surface area contributed by atoms with Crippen molar-refractivity contribution >= 4 is 11.4 Å². The molecule has 0 aliphatic carbocycles. The summed E-state index contributed by atoms with van der Waals surface area (Å²) in [6, 6.07) is 5.40. The van der Waals surface area contributed by atoms with Gasteiger partial charge in [0.15, 0.2) is 0 Å². The lowest BCUT2D eigenvalue weighted by molar-refractivity contribution is -0.384. The Hall–Kier alpha value is -1.62. The Morgan fingerprint density at radius 1 is 1.56 bits per heavy atom. The normalized spacial score (nSPS) is 19.9. The van der Waals surface area contributed by atoms with Gasteiger partial charge in [-0.25, -0.2) is 0 Å². The fourth-order valence-electron chi connectivity index (χ4n) is 2.57. The van der Waals surface area contributed by atoms with Crippen LogP contribution in [0.5, 0.6) is 0 Å². The minimum Gasteiger partial charge on any atom is -0.396 e. The Bertz CT molecular complexity index is 448. The van der Waals surface area contributed by atoms with E-state index in [9.17, 15) is 15.2 Å². The van der Waals surface area contributed by atoms with Crippen LogP contribution in [0.15, 0.2) is 18.2 Å². The number of aryl methyl sites for hydroxylation is 1. The summed E-state index contributed by atoms with van der Waals surface area (Å²) in [5.74, 6) is 0.221. The molecule has 1 saturated heterocycles. The minimum absolute atomic E-state index is 0.149. The number of para-hydroxylation sites is 1. The van der Waals surface area contributed by atoms with Crippen LogP contribution in [0, 0.1) is 23.0 Å². The van der Waals surface area contributed by atoms with Crippen molar-refractivity contribution < 1.29 is 10.0 Å². The largest absolute Gasteiger partial charge is 0.396 e. The second-order valence-corrected chi connectivity index (χ2v) is 4.84. The van der Waals surface area contributed by atoms with Crippen LogP contribution in [0.4, 0.5) is 11.4 Å². The van der Waals surface area contributed by atoms with E-state index in [4.69, 9.17) is 0 Å². The van der Waals surface area contributed by atoms with Crippen LogP contribution in [0.1, 0.15) is 18.4 Å². The number of hydrogen-bond acceptors (Lipinski definition) is 4. The van der Waals surface area contributed by atoms with E-state index in [1.165, 1.54) is 0 Å². The lowest BCUT2D eigenvalue weighted by atomic mass is 9.98. The van der Waals surface area contributed by atoms with Crippen molar-refractivity contribution in [1.29, 1.82) is 0 Å². The smallest absolute Gasteiger partial charge is 0.295 e. The van der Waals surface area contributed by atoms with Gasteiger partial charge in [0.2, 0.25) is 0 Å². The van der Waals surface area contributed by atoms with Crippen LogP contribution in [0.3, 0.4) is 0 Å². The van der Waals surface area contributed by atoms with Gasteiger partial charge in [0, 0.05) is 25.3 Å².